The molecule has 1 fully saturated rings. The Morgan fingerprint density at radius 3 is 2.09 bits per heavy atom. The first kappa shape index (κ1) is 8.30. The third-order valence-electron chi connectivity index (χ3n) is 1.78. The zero-order valence-electron chi connectivity index (χ0n) is 6.97. The topological polar surface area (TPSA) is 46.2 Å². The number of carbonyl (C=O) groups is 2. The number of imide groups is 1. The molecule has 1 heterocycles. The molecule has 0 saturated carbocycles. The molecule has 1 aliphatic heterocycles. The number of rotatable bonds is 0. The molecule has 2 amide bonds. The van der Waals surface area contributed by atoms with E-state index in [9.17, 15) is 9.59 Å². The molecule has 0 bridgehead atoms. The van der Waals surface area contributed by atoms with E-state index in [4.69, 9.17) is 0 Å². The first-order chi connectivity index (χ1) is 4.91. The summed E-state index contributed by atoms with van der Waals surface area (Å²) in [5.74, 6) is -0.715. The number of amides is 2. The van der Waals surface area contributed by atoms with Crippen LogP contribution in [0.4, 0.5) is 4.79 Å². The van der Waals surface area contributed by atoms with Crippen LogP contribution in [0, 0.1) is 5.41 Å². The highest BCUT2D eigenvalue weighted by atomic mass is 16.2. The first-order valence-electron chi connectivity index (χ1n) is 3.61. The van der Waals surface area contributed by atoms with Crippen LogP contribution in [0.1, 0.15) is 20.8 Å². The third kappa shape index (κ3) is 1.61. The Bertz CT molecular complexity index is 207. The van der Waals surface area contributed by atoms with E-state index in [2.05, 4.69) is 5.32 Å². The lowest BCUT2D eigenvalue weighted by Crippen LogP contribution is -2.25. The van der Waals surface area contributed by atoms with Crippen molar-refractivity contribution in [3.05, 3.63) is 0 Å². The molecule has 1 atom stereocenters. The fourth-order valence-electron chi connectivity index (χ4n) is 1.11. The summed E-state index contributed by atoms with van der Waals surface area (Å²) in [5.41, 5.74) is -0.157. The third-order valence-corrected chi connectivity index (χ3v) is 1.78. The molecular formula is C7H11BNO2. The van der Waals surface area contributed by atoms with E-state index in [1.165, 1.54) is 7.28 Å². The van der Waals surface area contributed by atoms with Crippen LogP contribution in [-0.4, -0.2) is 19.0 Å². The van der Waals surface area contributed by atoms with E-state index in [1.54, 1.807) is 0 Å². The minimum absolute atomic E-state index is 0.157. The lowest BCUT2D eigenvalue weighted by atomic mass is 9.56. The monoisotopic (exact) mass is 152 g/mol. The maximum atomic E-state index is 11.1. The van der Waals surface area contributed by atoms with Crippen LogP contribution in [0.2, 0.25) is 5.82 Å². The van der Waals surface area contributed by atoms with E-state index < -0.39 is 0 Å². The minimum Gasteiger partial charge on any atom is -0.306 e. The van der Waals surface area contributed by atoms with Gasteiger partial charge in [0.2, 0.25) is 13.2 Å². The van der Waals surface area contributed by atoms with Crippen molar-refractivity contribution in [1.29, 1.82) is 0 Å². The molecule has 11 heavy (non-hydrogen) atoms. The summed E-state index contributed by atoms with van der Waals surface area (Å²) in [4.78, 5) is 21.8. The molecule has 1 unspecified atom stereocenters. The summed E-state index contributed by atoms with van der Waals surface area (Å²) in [7, 11) is 1.45. The van der Waals surface area contributed by atoms with E-state index in [0.29, 0.717) is 0 Å². The van der Waals surface area contributed by atoms with E-state index in [-0.39, 0.29) is 22.9 Å². The molecule has 3 nitrogen and oxygen atoms in total. The molecule has 1 N–H and O–H groups in total. The van der Waals surface area contributed by atoms with Crippen molar-refractivity contribution in [3.63, 3.8) is 0 Å². The van der Waals surface area contributed by atoms with Gasteiger partial charge in [-0.1, -0.05) is 20.8 Å². The van der Waals surface area contributed by atoms with Gasteiger partial charge >= 0.3 is 0 Å². The molecule has 0 aromatic carbocycles. The average Bonchev–Trinajstić information content (AvgIpc) is 2.08. The van der Waals surface area contributed by atoms with Gasteiger partial charge in [-0.25, -0.2) is 0 Å². The average molecular weight is 152 g/mol. The van der Waals surface area contributed by atoms with Gasteiger partial charge in [0, 0.05) is 5.82 Å². The zero-order valence-corrected chi connectivity index (χ0v) is 6.97. The first-order valence-corrected chi connectivity index (χ1v) is 3.61. The SMILES string of the molecule is CC(C)(C)C1[B]C(=O)NC1=O. The maximum absolute atomic E-state index is 11.1. The van der Waals surface area contributed by atoms with Crippen molar-refractivity contribution in [2.24, 2.45) is 5.41 Å². The van der Waals surface area contributed by atoms with Gasteiger partial charge in [-0.15, -0.1) is 0 Å². The normalized spacial score (nSPS) is 24.8. The van der Waals surface area contributed by atoms with E-state index in [0.717, 1.165) is 0 Å². The molecule has 0 aromatic heterocycles. The highest BCUT2D eigenvalue weighted by molar-refractivity contribution is 6.81. The van der Waals surface area contributed by atoms with Gasteiger partial charge in [-0.2, -0.15) is 0 Å². The Balaban J connectivity index is 2.76. The molecule has 0 aliphatic carbocycles. The standard InChI is InChI=1S/C7H11BNO2/c1-7(2,3)4-5(10)9-6(11)8-4/h4H,1-3H3,(H,9,10,11). The summed E-state index contributed by atoms with van der Waals surface area (Å²) in [6.07, 6.45) is 0. The van der Waals surface area contributed by atoms with Crippen molar-refractivity contribution < 1.29 is 9.59 Å². The molecule has 1 radical (unpaired) electrons. The summed E-state index contributed by atoms with van der Waals surface area (Å²) in [6, 6.07) is 0. The Morgan fingerprint density at radius 1 is 1.36 bits per heavy atom. The second-order valence-electron chi connectivity index (χ2n) is 3.86. The predicted octanol–water partition coefficient (Wildman–Crippen LogP) is 0.775. The lowest BCUT2D eigenvalue weighted by Gasteiger charge is -2.22. The van der Waals surface area contributed by atoms with Gasteiger partial charge < -0.3 is 5.32 Å². The van der Waals surface area contributed by atoms with Gasteiger partial charge in [-0.05, 0) is 5.41 Å². The molecule has 1 aliphatic rings. The van der Waals surface area contributed by atoms with Crippen LogP contribution in [0.3, 0.4) is 0 Å². The van der Waals surface area contributed by atoms with Gasteiger partial charge in [0.15, 0.2) is 5.81 Å². The fourth-order valence-corrected chi connectivity index (χ4v) is 1.11. The van der Waals surface area contributed by atoms with Crippen LogP contribution in [0.5, 0.6) is 0 Å². The van der Waals surface area contributed by atoms with Crippen molar-refractivity contribution >= 4 is 19.0 Å². The van der Waals surface area contributed by atoms with Crippen molar-refractivity contribution in [3.8, 4) is 0 Å². The molecule has 1 rings (SSSR count). The number of carbonyl (C=O) groups excluding carboxylic acids is 2. The molecule has 4 heteroatoms. The number of hydrogen-bond acceptors (Lipinski definition) is 2. The number of nitrogens with one attached hydrogen (secondary N) is 1. The minimum atomic E-state index is -0.269. The maximum Gasteiger partial charge on any atom is 0.247 e. The quantitative estimate of drug-likeness (QED) is 0.521. The number of hydrogen-bond donors (Lipinski definition) is 1. The Labute approximate surface area is 66.8 Å². The van der Waals surface area contributed by atoms with Crippen molar-refractivity contribution in [2.75, 3.05) is 0 Å². The van der Waals surface area contributed by atoms with Crippen molar-refractivity contribution in [2.45, 2.75) is 26.6 Å². The molecule has 1 saturated heterocycles. The van der Waals surface area contributed by atoms with Crippen LogP contribution in [0.15, 0.2) is 0 Å². The fraction of sp³-hybridized carbons (Fsp3) is 0.714. The summed E-state index contributed by atoms with van der Waals surface area (Å²) < 4.78 is 0. The molecular weight excluding hydrogens is 141 g/mol. The van der Waals surface area contributed by atoms with Crippen LogP contribution in [-0.2, 0) is 4.79 Å². The second kappa shape index (κ2) is 2.36. The zero-order chi connectivity index (χ0) is 8.65. The second-order valence-corrected chi connectivity index (χ2v) is 3.86. The summed E-state index contributed by atoms with van der Waals surface area (Å²) >= 11 is 0. The smallest absolute Gasteiger partial charge is 0.247 e. The van der Waals surface area contributed by atoms with Gasteiger partial charge in [-0.3, -0.25) is 9.59 Å². The van der Waals surface area contributed by atoms with Gasteiger partial charge in [0.05, 0.1) is 0 Å². The highest BCUT2D eigenvalue weighted by Crippen LogP contribution is 2.32. The van der Waals surface area contributed by atoms with Gasteiger partial charge in [0.1, 0.15) is 0 Å². The molecule has 0 aromatic rings. The van der Waals surface area contributed by atoms with E-state index >= 15 is 0 Å². The molecule has 0 spiro atoms. The Hall–Kier alpha value is -0.795. The summed E-state index contributed by atoms with van der Waals surface area (Å²) in [5, 5.41) is 2.24. The Morgan fingerprint density at radius 2 is 1.91 bits per heavy atom. The largest absolute Gasteiger partial charge is 0.306 e. The predicted molar refractivity (Wildman–Crippen MR) is 42.5 cm³/mol. The van der Waals surface area contributed by atoms with E-state index in [1.807, 2.05) is 20.8 Å². The van der Waals surface area contributed by atoms with Gasteiger partial charge in [0.25, 0.3) is 0 Å². The highest BCUT2D eigenvalue weighted by Gasteiger charge is 2.39. The summed E-state index contributed by atoms with van der Waals surface area (Å²) in [6.45, 7) is 5.81. The lowest BCUT2D eigenvalue weighted by molar-refractivity contribution is -0.120. The van der Waals surface area contributed by atoms with Crippen LogP contribution in [0.25, 0.3) is 0 Å². The van der Waals surface area contributed by atoms with Crippen LogP contribution >= 0.6 is 0 Å². The Kier molecular flexibility index (Phi) is 1.78. The van der Waals surface area contributed by atoms with Crippen LogP contribution < -0.4 is 5.32 Å². The van der Waals surface area contributed by atoms with Crippen molar-refractivity contribution in [1.82, 2.24) is 5.32 Å². The molecule has 59 valence electrons.